The van der Waals surface area contributed by atoms with E-state index in [1.54, 1.807) is 17.6 Å². The molecule has 0 aliphatic heterocycles. The van der Waals surface area contributed by atoms with Gasteiger partial charge in [0.05, 0.1) is 18.4 Å². The predicted molar refractivity (Wildman–Crippen MR) is 176 cm³/mol. The van der Waals surface area contributed by atoms with E-state index < -0.39 is 0 Å². The number of hydrogen-bond acceptors (Lipinski definition) is 5. The highest BCUT2D eigenvalue weighted by atomic mass is 35.5. The molecule has 0 unspecified atom stereocenters. The van der Waals surface area contributed by atoms with Crippen molar-refractivity contribution in [2.45, 2.75) is 53.2 Å². The lowest BCUT2D eigenvalue weighted by molar-refractivity contribution is 0.0947. The summed E-state index contributed by atoms with van der Waals surface area (Å²) in [6.07, 6.45) is 6.37. The van der Waals surface area contributed by atoms with Gasteiger partial charge >= 0.3 is 0 Å². The van der Waals surface area contributed by atoms with Crippen LogP contribution in [0.3, 0.4) is 0 Å². The van der Waals surface area contributed by atoms with Crippen molar-refractivity contribution in [3.05, 3.63) is 117 Å². The van der Waals surface area contributed by atoms with Gasteiger partial charge in [0.15, 0.2) is 0 Å². The summed E-state index contributed by atoms with van der Waals surface area (Å²) in [6, 6.07) is 23.6. The van der Waals surface area contributed by atoms with Gasteiger partial charge in [-0.05, 0) is 82.8 Å². The summed E-state index contributed by atoms with van der Waals surface area (Å²) < 4.78 is 11.8. The predicted octanol–water partition coefficient (Wildman–Crippen LogP) is 9.56. The fourth-order valence-corrected chi connectivity index (χ4v) is 7.10. The molecule has 220 valence electrons. The second-order valence-electron chi connectivity index (χ2n) is 12.1. The van der Waals surface area contributed by atoms with Crippen LogP contribution < -0.4 is 10.1 Å². The van der Waals surface area contributed by atoms with Crippen LogP contribution in [-0.2, 0) is 26.0 Å². The van der Waals surface area contributed by atoms with E-state index >= 15 is 0 Å². The van der Waals surface area contributed by atoms with Crippen molar-refractivity contribution in [3.63, 3.8) is 0 Å². The molecule has 5 aromatic rings. The molecule has 7 heteroatoms. The topological polar surface area (TPSA) is 63.8 Å². The van der Waals surface area contributed by atoms with Gasteiger partial charge in [-0.3, -0.25) is 4.79 Å². The summed E-state index contributed by atoms with van der Waals surface area (Å²) in [5.74, 6) is 1.89. The number of nitrogens with one attached hydrogen (secondary N) is 1. The Balaban J connectivity index is 1.36. The minimum atomic E-state index is -0.118. The van der Waals surface area contributed by atoms with E-state index in [1.165, 1.54) is 4.88 Å². The zero-order valence-electron chi connectivity index (χ0n) is 24.7. The molecule has 0 fully saturated rings. The number of benzene rings is 3. The number of amides is 1. The van der Waals surface area contributed by atoms with Crippen LogP contribution in [-0.4, -0.2) is 12.1 Å². The Hall–Kier alpha value is -3.87. The van der Waals surface area contributed by atoms with E-state index in [4.69, 9.17) is 25.7 Å². The van der Waals surface area contributed by atoms with E-state index in [9.17, 15) is 4.79 Å². The maximum atomic E-state index is 13.7. The molecule has 0 saturated carbocycles. The number of fused-ring (bicyclic) bond motifs is 2. The normalized spacial score (nSPS) is 15.1. The monoisotopic (exact) mass is 610 g/mol. The number of rotatable bonds is 8. The van der Waals surface area contributed by atoms with E-state index in [1.807, 2.05) is 60.8 Å². The first-order valence-electron chi connectivity index (χ1n) is 14.6. The fourth-order valence-electron chi connectivity index (χ4n) is 5.70. The van der Waals surface area contributed by atoms with Crippen molar-refractivity contribution in [2.75, 3.05) is 0 Å². The Labute approximate surface area is 261 Å². The van der Waals surface area contributed by atoms with Crippen molar-refractivity contribution < 1.29 is 13.9 Å². The lowest BCUT2D eigenvalue weighted by Gasteiger charge is -2.33. The first kappa shape index (κ1) is 29.2. The molecular formula is C36H35ClN2O3S. The van der Waals surface area contributed by atoms with Gasteiger partial charge in [-0.25, -0.2) is 4.99 Å². The third-order valence-corrected chi connectivity index (χ3v) is 9.67. The lowest BCUT2D eigenvalue weighted by Crippen LogP contribution is -2.28. The van der Waals surface area contributed by atoms with Gasteiger partial charge in [-0.2, -0.15) is 0 Å². The standard InChI is InChI=1S/C36H35ClN2O3S/c1-36(2,3)25-13-16-29-32(19-25)43-35(33(29)34(40)38-20-27-8-6-18-41-27)39-21-30-28-9-5-4-7-24(28)12-17-31(30)42-22-23-10-14-26(37)15-11-23/h4-12,14-15,17-18,21,25H,13,16,19-20,22H2,1-3H3,(H,38,40)/t25-/m1/s1. The zero-order chi connectivity index (χ0) is 30.0. The Morgan fingerprint density at radius 3 is 2.67 bits per heavy atom. The number of thiophene rings is 1. The Morgan fingerprint density at radius 1 is 1.09 bits per heavy atom. The number of nitrogens with zero attached hydrogens (tertiary/aromatic N) is 1. The number of halogens is 1. The van der Waals surface area contributed by atoms with Crippen molar-refractivity contribution in [1.82, 2.24) is 5.32 Å². The molecule has 3 aromatic carbocycles. The minimum absolute atomic E-state index is 0.118. The van der Waals surface area contributed by atoms with Crippen molar-refractivity contribution in [3.8, 4) is 5.75 Å². The molecule has 0 spiro atoms. The third kappa shape index (κ3) is 6.56. The average molecular weight is 611 g/mol. The van der Waals surface area contributed by atoms with E-state index in [0.717, 1.165) is 57.5 Å². The molecule has 0 radical (unpaired) electrons. The molecule has 1 aliphatic carbocycles. The minimum Gasteiger partial charge on any atom is -0.488 e. The van der Waals surface area contributed by atoms with Crippen molar-refractivity contribution >= 4 is 50.8 Å². The fraction of sp³-hybridized carbons (Fsp3) is 0.278. The van der Waals surface area contributed by atoms with Crippen LogP contribution >= 0.6 is 22.9 Å². The molecule has 1 amide bonds. The van der Waals surface area contributed by atoms with Crippen LogP contribution in [0, 0.1) is 11.3 Å². The molecule has 1 N–H and O–H groups in total. The van der Waals surface area contributed by atoms with E-state index in [2.05, 4.69) is 44.3 Å². The molecule has 2 heterocycles. The van der Waals surface area contributed by atoms with Gasteiger partial charge < -0.3 is 14.5 Å². The molecule has 1 atom stereocenters. The zero-order valence-corrected chi connectivity index (χ0v) is 26.2. The lowest BCUT2D eigenvalue weighted by atomic mass is 9.72. The quantitative estimate of drug-likeness (QED) is 0.178. The largest absolute Gasteiger partial charge is 0.488 e. The number of carbonyl (C=O) groups is 1. The molecule has 5 nitrogen and oxygen atoms in total. The first-order valence-corrected chi connectivity index (χ1v) is 15.8. The van der Waals surface area contributed by atoms with Crippen LogP contribution in [0.2, 0.25) is 5.02 Å². The highest BCUT2D eigenvalue weighted by molar-refractivity contribution is 7.16. The summed E-state index contributed by atoms with van der Waals surface area (Å²) in [7, 11) is 0. The van der Waals surface area contributed by atoms with Gasteiger partial charge in [0, 0.05) is 21.7 Å². The summed E-state index contributed by atoms with van der Waals surface area (Å²) in [6.45, 7) is 7.64. The third-order valence-electron chi connectivity index (χ3n) is 8.25. The van der Waals surface area contributed by atoms with Gasteiger partial charge in [0.1, 0.15) is 23.1 Å². The van der Waals surface area contributed by atoms with Crippen LogP contribution in [0.25, 0.3) is 10.8 Å². The van der Waals surface area contributed by atoms with Gasteiger partial charge in [0.25, 0.3) is 5.91 Å². The number of hydrogen-bond donors (Lipinski definition) is 1. The van der Waals surface area contributed by atoms with Crippen molar-refractivity contribution in [2.24, 2.45) is 16.3 Å². The van der Waals surface area contributed by atoms with E-state index in [-0.39, 0.29) is 11.3 Å². The molecular weight excluding hydrogens is 576 g/mol. The molecule has 2 aromatic heterocycles. The SMILES string of the molecule is CC(C)(C)[C@@H]1CCc2c(sc(N=Cc3c(OCc4ccc(Cl)cc4)ccc4ccccc34)c2C(=O)NCc2ccco2)C1. The average Bonchev–Trinajstić information content (AvgIpc) is 3.65. The summed E-state index contributed by atoms with van der Waals surface area (Å²) >= 11 is 7.72. The number of carbonyl (C=O) groups excluding carboxylic acids is 1. The Bertz CT molecular complexity index is 1770. The summed E-state index contributed by atoms with van der Waals surface area (Å²) in [4.78, 5) is 20.0. The summed E-state index contributed by atoms with van der Waals surface area (Å²) in [5, 5.41) is 6.62. The van der Waals surface area contributed by atoms with Crippen LogP contribution in [0.5, 0.6) is 5.75 Å². The van der Waals surface area contributed by atoms with Gasteiger partial charge in [-0.1, -0.05) is 74.8 Å². The second-order valence-corrected chi connectivity index (χ2v) is 13.6. The maximum absolute atomic E-state index is 13.7. The molecule has 1 aliphatic rings. The van der Waals surface area contributed by atoms with Crippen LogP contribution in [0.1, 0.15) is 64.9 Å². The number of aliphatic imine (C=N–C) groups is 1. The van der Waals surface area contributed by atoms with Gasteiger partial charge in [0.2, 0.25) is 0 Å². The van der Waals surface area contributed by atoms with Crippen LogP contribution in [0.15, 0.2) is 88.5 Å². The molecule has 6 rings (SSSR count). The van der Waals surface area contributed by atoms with E-state index in [0.29, 0.717) is 35.4 Å². The van der Waals surface area contributed by atoms with Crippen molar-refractivity contribution in [1.29, 1.82) is 0 Å². The Morgan fingerprint density at radius 2 is 1.91 bits per heavy atom. The Kier molecular flexibility index (Phi) is 8.42. The number of furan rings is 1. The second kappa shape index (κ2) is 12.4. The van der Waals surface area contributed by atoms with Crippen LogP contribution in [0.4, 0.5) is 5.00 Å². The number of ether oxygens (including phenoxy) is 1. The molecule has 43 heavy (non-hydrogen) atoms. The smallest absolute Gasteiger partial charge is 0.255 e. The highest BCUT2D eigenvalue weighted by Gasteiger charge is 2.33. The first-order chi connectivity index (χ1) is 20.8. The highest BCUT2D eigenvalue weighted by Crippen LogP contribution is 2.45. The van der Waals surface area contributed by atoms with Gasteiger partial charge in [-0.15, -0.1) is 11.3 Å². The maximum Gasteiger partial charge on any atom is 0.255 e. The molecule has 0 bridgehead atoms. The summed E-state index contributed by atoms with van der Waals surface area (Å²) in [5.41, 5.74) is 3.92. The molecule has 0 saturated heterocycles.